The molecule has 0 atom stereocenters. The van der Waals surface area contributed by atoms with Crippen molar-refractivity contribution in [3.05, 3.63) is 11.4 Å². The maximum Gasteiger partial charge on any atom is 0.274 e. The second-order valence-electron chi connectivity index (χ2n) is 4.78. The number of aromatic amines is 1. The van der Waals surface area contributed by atoms with Gasteiger partial charge in [-0.15, -0.1) is 0 Å². The summed E-state index contributed by atoms with van der Waals surface area (Å²) in [5, 5.41) is 9.86. The first-order valence-corrected chi connectivity index (χ1v) is 5.90. The lowest BCUT2D eigenvalue weighted by Gasteiger charge is -2.25. The Morgan fingerprint density at radius 1 is 1.38 bits per heavy atom. The summed E-state index contributed by atoms with van der Waals surface area (Å²) < 4.78 is 0. The third-order valence-corrected chi connectivity index (χ3v) is 3.47. The number of anilines is 1. The lowest BCUT2D eigenvalue weighted by molar-refractivity contribution is 0.0913. The molecule has 0 unspecified atom stereocenters. The predicted molar refractivity (Wildman–Crippen MR) is 60.1 cm³/mol. The Morgan fingerprint density at radius 3 is 2.69 bits per heavy atom. The van der Waals surface area contributed by atoms with Gasteiger partial charge >= 0.3 is 0 Å². The van der Waals surface area contributed by atoms with E-state index < -0.39 is 0 Å². The second kappa shape index (κ2) is 3.50. The normalized spacial score (nSPS) is 20.5. The zero-order valence-electron chi connectivity index (χ0n) is 9.12. The van der Waals surface area contributed by atoms with Crippen LogP contribution in [0, 0.1) is 0 Å². The van der Waals surface area contributed by atoms with E-state index >= 15 is 0 Å². The van der Waals surface area contributed by atoms with Crippen molar-refractivity contribution in [2.75, 3.05) is 5.73 Å². The number of hydrogen-bond acceptors (Lipinski definition) is 3. The minimum absolute atomic E-state index is 0.134. The number of aromatic nitrogens is 2. The third kappa shape index (κ3) is 1.56. The number of nitrogens with two attached hydrogens (primary N) is 1. The summed E-state index contributed by atoms with van der Waals surface area (Å²) in [4.78, 5) is 11.9. The van der Waals surface area contributed by atoms with Crippen molar-refractivity contribution in [3.8, 4) is 0 Å². The molecule has 4 N–H and O–H groups in total. The number of amides is 1. The topological polar surface area (TPSA) is 83.8 Å². The smallest absolute Gasteiger partial charge is 0.274 e. The number of carbonyl (C=O) groups is 1. The number of hydrogen-bond donors (Lipinski definition) is 3. The highest BCUT2D eigenvalue weighted by molar-refractivity contribution is 5.98. The zero-order chi connectivity index (χ0) is 11.1. The van der Waals surface area contributed by atoms with Crippen molar-refractivity contribution in [3.63, 3.8) is 0 Å². The van der Waals surface area contributed by atoms with Crippen LogP contribution in [0.5, 0.6) is 0 Å². The largest absolute Gasteiger partial charge is 0.395 e. The highest BCUT2D eigenvalue weighted by atomic mass is 16.2. The number of nitrogens with one attached hydrogen (secondary N) is 2. The van der Waals surface area contributed by atoms with E-state index in [9.17, 15) is 4.79 Å². The molecule has 1 heterocycles. The molecular formula is C11H16N4O. The summed E-state index contributed by atoms with van der Waals surface area (Å²) in [5.74, 6) is 0.364. The number of H-pyrrole nitrogens is 1. The van der Waals surface area contributed by atoms with Crippen LogP contribution in [0.4, 0.5) is 5.69 Å². The highest BCUT2D eigenvalue weighted by Gasteiger charge is 2.31. The van der Waals surface area contributed by atoms with Gasteiger partial charge in [-0.05, 0) is 32.1 Å². The summed E-state index contributed by atoms with van der Waals surface area (Å²) in [5.41, 5.74) is 7.78. The van der Waals surface area contributed by atoms with E-state index in [0.717, 1.165) is 31.4 Å². The van der Waals surface area contributed by atoms with Crippen LogP contribution in [-0.2, 0) is 0 Å². The van der Waals surface area contributed by atoms with Gasteiger partial charge in [0.2, 0.25) is 0 Å². The second-order valence-corrected chi connectivity index (χ2v) is 4.78. The Hall–Kier alpha value is -1.52. The number of nitrogens with zero attached hydrogens (tertiary/aromatic N) is 1. The molecule has 0 aromatic carbocycles. The Labute approximate surface area is 93.8 Å². The fourth-order valence-electron chi connectivity index (χ4n) is 2.03. The summed E-state index contributed by atoms with van der Waals surface area (Å²) in [7, 11) is 0. The Balaban J connectivity index is 1.74. The molecule has 1 aromatic heterocycles. The van der Waals surface area contributed by atoms with Gasteiger partial charge in [-0.2, -0.15) is 5.10 Å². The highest BCUT2D eigenvalue weighted by Crippen LogP contribution is 2.42. The van der Waals surface area contributed by atoms with Gasteiger partial charge in [0.1, 0.15) is 0 Å². The molecule has 5 heteroatoms. The standard InChI is InChI=1S/C11H16N4O/c12-8-9(6-4-5-6)14-15-10(8)11(16)13-7-2-1-3-7/h6-7H,1-5,12H2,(H,13,16)(H,14,15). The minimum atomic E-state index is -0.134. The molecule has 1 aromatic rings. The van der Waals surface area contributed by atoms with Gasteiger partial charge in [0, 0.05) is 12.0 Å². The van der Waals surface area contributed by atoms with Gasteiger partial charge in [0.15, 0.2) is 5.69 Å². The van der Waals surface area contributed by atoms with E-state index in [2.05, 4.69) is 15.5 Å². The molecule has 0 saturated heterocycles. The fourth-order valence-corrected chi connectivity index (χ4v) is 2.03. The average Bonchev–Trinajstić information content (AvgIpc) is 2.96. The van der Waals surface area contributed by atoms with Crippen LogP contribution in [-0.4, -0.2) is 22.1 Å². The molecule has 16 heavy (non-hydrogen) atoms. The molecule has 5 nitrogen and oxygen atoms in total. The van der Waals surface area contributed by atoms with E-state index in [-0.39, 0.29) is 5.91 Å². The number of carbonyl (C=O) groups excluding carboxylic acids is 1. The van der Waals surface area contributed by atoms with Crippen molar-refractivity contribution in [2.45, 2.75) is 44.1 Å². The van der Waals surface area contributed by atoms with Gasteiger partial charge in [0.05, 0.1) is 11.4 Å². The minimum Gasteiger partial charge on any atom is -0.395 e. The van der Waals surface area contributed by atoms with E-state index in [1.165, 1.54) is 6.42 Å². The van der Waals surface area contributed by atoms with Gasteiger partial charge in [0.25, 0.3) is 5.91 Å². The van der Waals surface area contributed by atoms with Gasteiger partial charge in [-0.25, -0.2) is 0 Å². The van der Waals surface area contributed by atoms with Gasteiger partial charge in [-0.1, -0.05) is 0 Å². The van der Waals surface area contributed by atoms with Crippen molar-refractivity contribution >= 4 is 11.6 Å². The van der Waals surface area contributed by atoms with Crippen LogP contribution in [0.2, 0.25) is 0 Å². The monoisotopic (exact) mass is 220 g/mol. The van der Waals surface area contributed by atoms with Crippen molar-refractivity contribution < 1.29 is 4.79 Å². The molecule has 0 spiro atoms. The molecule has 3 rings (SSSR count). The SMILES string of the molecule is Nc1c(C(=O)NC2CCC2)n[nH]c1C1CC1. The summed E-state index contributed by atoms with van der Waals surface area (Å²) in [6, 6.07) is 0.327. The predicted octanol–water partition coefficient (Wildman–Crippen LogP) is 1.15. The summed E-state index contributed by atoms with van der Waals surface area (Å²) >= 11 is 0. The number of rotatable bonds is 3. The van der Waals surface area contributed by atoms with E-state index in [1.54, 1.807) is 0 Å². The van der Waals surface area contributed by atoms with Gasteiger partial charge in [-0.3, -0.25) is 9.89 Å². The molecule has 2 aliphatic carbocycles. The molecule has 0 aliphatic heterocycles. The lowest BCUT2D eigenvalue weighted by Crippen LogP contribution is -2.39. The fraction of sp³-hybridized carbons (Fsp3) is 0.636. The van der Waals surface area contributed by atoms with Crippen LogP contribution >= 0.6 is 0 Å². The Bertz CT molecular complexity index is 418. The van der Waals surface area contributed by atoms with Crippen LogP contribution in [0.1, 0.15) is 54.2 Å². The van der Waals surface area contributed by atoms with Crippen LogP contribution in [0.3, 0.4) is 0 Å². The number of nitrogen functional groups attached to an aromatic ring is 1. The third-order valence-electron chi connectivity index (χ3n) is 3.47. The average molecular weight is 220 g/mol. The molecule has 2 fully saturated rings. The van der Waals surface area contributed by atoms with Crippen LogP contribution in [0.25, 0.3) is 0 Å². The Morgan fingerprint density at radius 2 is 2.12 bits per heavy atom. The Kier molecular flexibility index (Phi) is 2.12. The molecule has 0 radical (unpaired) electrons. The first-order valence-electron chi connectivity index (χ1n) is 5.90. The van der Waals surface area contributed by atoms with Crippen LogP contribution in [0.15, 0.2) is 0 Å². The van der Waals surface area contributed by atoms with Crippen molar-refractivity contribution in [2.24, 2.45) is 0 Å². The lowest BCUT2D eigenvalue weighted by atomic mass is 9.93. The quantitative estimate of drug-likeness (QED) is 0.714. The first kappa shape index (κ1) is 9.69. The van der Waals surface area contributed by atoms with E-state index in [1.807, 2.05) is 0 Å². The van der Waals surface area contributed by atoms with Crippen LogP contribution < -0.4 is 11.1 Å². The van der Waals surface area contributed by atoms with Crippen molar-refractivity contribution in [1.82, 2.24) is 15.5 Å². The maximum atomic E-state index is 11.9. The van der Waals surface area contributed by atoms with E-state index in [0.29, 0.717) is 23.3 Å². The molecule has 86 valence electrons. The van der Waals surface area contributed by atoms with Gasteiger partial charge < -0.3 is 11.1 Å². The van der Waals surface area contributed by atoms with E-state index in [4.69, 9.17) is 5.73 Å². The molecule has 0 bridgehead atoms. The zero-order valence-corrected chi connectivity index (χ0v) is 9.12. The van der Waals surface area contributed by atoms with Crippen molar-refractivity contribution in [1.29, 1.82) is 0 Å². The summed E-state index contributed by atoms with van der Waals surface area (Å²) in [6.07, 6.45) is 5.65. The molecule has 2 aliphatic rings. The summed E-state index contributed by atoms with van der Waals surface area (Å²) in [6.45, 7) is 0. The molecule has 2 saturated carbocycles. The first-order chi connectivity index (χ1) is 7.75. The molecular weight excluding hydrogens is 204 g/mol. The molecule has 1 amide bonds. The maximum absolute atomic E-state index is 11.9.